The van der Waals surface area contributed by atoms with Gasteiger partial charge in [0, 0.05) is 13.1 Å². The van der Waals surface area contributed by atoms with Crippen molar-refractivity contribution < 1.29 is 14.7 Å². The average Bonchev–Trinajstić information content (AvgIpc) is 2.73. The van der Waals surface area contributed by atoms with E-state index in [1.807, 2.05) is 43.3 Å². The van der Waals surface area contributed by atoms with Crippen LogP contribution >= 0.6 is 0 Å². The van der Waals surface area contributed by atoms with Crippen molar-refractivity contribution in [1.29, 1.82) is 0 Å². The molecule has 5 nitrogen and oxygen atoms in total. The molecule has 0 saturated carbocycles. The van der Waals surface area contributed by atoms with Crippen LogP contribution in [0.1, 0.15) is 76.5 Å². The van der Waals surface area contributed by atoms with Crippen LogP contribution in [0.3, 0.4) is 0 Å². The number of rotatable bonds is 13. The van der Waals surface area contributed by atoms with Crippen LogP contribution in [0.2, 0.25) is 0 Å². The second-order valence-corrected chi connectivity index (χ2v) is 10.3. The lowest BCUT2D eigenvalue weighted by atomic mass is 9.90. The SMILES string of the molecule is CCCC(CC(=O)O)c1ccc(N(CC(C)C)CC(C)C)c(NC(=O)Cc2ccc(C)cc2)c1. The maximum absolute atomic E-state index is 13.0. The Hall–Kier alpha value is -2.82. The van der Waals surface area contributed by atoms with Crippen molar-refractivity contribution in [3.05, 3.63) is 59.2 Å². The van der Waals surface area contributed by atoms with Gasteiger partial charge in [0.1, 0.15) is 0 Å². The first-order valence-electron chi connectivity index (χ1n) is 12.5. The summed E-state index contributed by atoms with van der Waals surface area (Å²) in [5.74, 6) is -0.00739. The van der Waals surface area contributed by atoms with Crippen molar-refractivity contribution in [2.75, 3.05) is 23.3 Å². The van der Waals surface area contributed by atoms with E-state index in [1.54, 1.807) is 0 Å². The number of carbonyl (C=O) groups is 2. The molecule has 0 spiro atoms. The molecule has 0 heterocycles. The highest BCUT2D eigenvalue weighted by molar-refractivity contribution is 5.95. The molecule has 1 amide bonds. The number of carbonyl (C=O) groups excluding carboxylic acids is 1. The third kappa shape index (κ3) is 8.85. The van der Waals surface area contributed by atoms with E-state index in [0.29, 0.717) is 18.3 Å². The summed E-state index contributed by atoms with van der Waals surface area (Å²) in [6, 6.07) is 14.1. The molecule has 0 radical (unpaired) electrons. The lowest BCUT2D eigenvalue weighted by molar-refractivity contribution is -0.137. The quantitative estimate of drug-likeness (QED) is 0.347. The Morgan fingerprint density at radius 1 is 0.971 bits per heavy atom. The van der Waals surface area contributed by atoms with E-state index in [1.165, 1.54) is 0 Å². The molecule has 5 heteroatoms. The first-order chi connectivity index (χ1) is 16.1. The lowest BCUT2D eigenvalue weighted by Gasteiger charge is -2.31. The van der Waals surface area contributed by atoms with Gasteiger partial charge in [-0.3, -0.25) is 9.59 Å². The number of anilines is 2. The predicted octanol–water partition coefficient (Wildman–Crippen LogP) is 6.65. The summed E-state index contributed by atoms with van der Waals surface area (Å²) in [6.45, 7) is 14.6. The molecule has 186 valence electrons. The Morgan fingerprint density at radius 3 is 2.12 bits per heavy atom. The van der Waals surface area contributed by atoms with E-state index in [-0.39, 0.29) is 18.2 Å². The van der Waals surface area contributed by atoms with Crippen LogP contribution in [0, 0.1) is 18.8 Å². The number of amides is 1. The Morgan fingerprint density at radius 2 is 1.59 bits per heavy atom. The van der Waals surface area contributed by atoms with Crippen LogP contribution < -0.4 is 10.2 Å². The number of nitrogens with one attached hydrogen (secondary N) is 1. The molecule has 0 aromatic heterocycles. The number of aliphatic carboxylic acids is 1. The van der Waals surface area contributed by atoms with Gasteiger partial charge < -0.3 is 15.3 Å². The summed E-state index contributed by atoms with van der Waals surface area (Å²) >= 11 is 0. The van der Waals surface area contributed by atoms with E-state index in [4.69, 9.17) is 0 Å². The molecule has 2 aromatic carbocycles. The topological polar surface area (TPSA) is 69.6 Å². The minimum atomic E-state index is -0.797. The van der Waals surface area contributed by atoms with Crippen molar-refractivity contribution in [2.45, 2.75) is 73.1 Å². The minimum absolute atomic E-state index is 0.0680. The monoisotopic (exact) mass is 466 g/mol. The molecular weight excluding hydrogens is 424 g/mol. The van der Waals surface area contributed by atoms with Gasteiger partial charge in [0.05, 0.1) is 24.2 Å². The Labute approximate surface area is 205 Å². The highest BCUT2D eigenvalue weighted by Gasteiger charge is 2.20. The van der Waals surface area contributed by atoms with E-state index in [2.05, 4.69) is 50.9 Å². The minimum Gasteiger partial charge on any atom is -0.481 e. The van der Waals surface area contributed by atoms with Crippen LogP contribution in [0.15, 0.2) is 42.5 Å². The molecular formula is C29H42N2O3. The van der Waals surface area contributed by atoms with Crippen LogP contribution in [-0.4, -0.2) is 30.1 Å². The van der Waals surface area contributed by atoms with Crippen molar-refractivity contribution in [2.24, 2.45) is 11.8 Å². The van der Waals surface area contributed by atoms with Gasteiger partial charge in [-0.25, -0.2) is 0 Å². The second kappa shape index (κ2) is 13.2. The lowest BCUT2D eigenvalue weighted by Crippen LogP contribution is -2.32. The average molecular weight is 467 g/mol. The molecule has 2 N–H and O–H groups in total. The normalized spacial score (nSPS) is 12.1. The van der Waals surface area contributed by atoms with Crippen LogP contribution in [0.25, 0.3) is 0 Å². The van der Waals surface area contributed by atoms with Gasteiger partial charge in [0.25, 0.3) is 0 Å². The summed E-state index contributed by atoms with van der Waals surface area (Å²) in [5, 5.41) is 12.6. The van der Waals surface area contributed by atoms with Gasteiger partial charge in [-0.1, -0.05) is 76.9 Å². The van der Waals surface area contributed by atoms with Gasteiger partial charge in [-0.2, -0.15) is 0 Å². The van der Waals surface area contributed by atoms with Gasteiger partial charge >= 0.3 is 5.97 Å². The van der Waals surface area contributed by atoms with Crippen LogP contribution in [0.4, 0.5) is 11.4 Å². The number of nitrogens with zero attached hydrogens (tertiary/aromatic N) is 1. The molecule has 0 bridgehead atoms. The first-order valence-corrected chi connectivity index (χ1v) is 12.5. The molecule has 0 saturated heterocycles. The maximum atomic E-state index is 13.0. The largest absolute Gasteiger partial charge is 0.481 e. The molecule has 0 aliphatic carbocycles. The van der Waals surface area contributed by atoms with E-state index in [9.17, 15) is 14.7 Å². The van der Waals surface area contributed by atoms with Crippen LogP contribution in [-0.2, 0) is 16.0 Å². The second-order valence-electron chi connectivity index (χ2n) is 10.3. The zero-order valence-corrected chi connectivity index (χ0v) is 21.7. The molecule has 0 fully saturated rings. The van der Waals surface area contributed by atoms with Crippen molar-refractivity contribution >= 4 is 23.3 Å². The summed E-state index contributed by atoms with van der Waals surface area (Å²) in [4.78, 5) is 26.9. The standard InChI is InChI=1S/C29H42N2O3/c1-7-8-24(17-29(33)34)25-13-14-27(31(18-20(2)3)19-21(4)5)26(16-25)30-28(32)15-23-11-9-22(6)10-12-23/h9-14,16,20-21,24H,7-8,15,17-19H2,1-6H3,(H,30,32)(H,33,34). The number of hydrogen-bond donors (Lipinski definition) is 2. The predicted molar refractivity (Wildman–Crippen MR) is 142 cm³/mol. The summed E-state index contributed by atoms with van der Waals surface area (Å²) in [7, 11) is 0. The fraction of sp³-hybridized carbons (Fsp3) is 0.517. The molecule has 34 heavy (non-hydrogen) atoms. The Balaban J connectivity index is 2.43. The van der Waals surface area contributed by atoms with E-state index in [0.717, 1.165) is 54.0 Å². The number of aryl methyl sites for hydroxylation is 1. The Bertz CT molecular complexity index is 925. The van der Waals surface area contributed by atoms with Gasteiger partial charge in [-0.05, 0) is 54.4 Å². The molecule has 1 atom stereocenters. The van der Waals surface area contributed by atoms with E-state index >= 15 is 0 Å². The van der Waals surface area contributed by atoms with E-state index < -0.39 is 5.97 Å². The summed E-state index contributed by atoms with van der Waals surface area (Å²) in [6.07, 6.45) is 2.09. The number of carboxylic acids is 1. The third-order valence-corrected chi connectivity index (χ3v) is 5.82. The summed E-state index contributed by atoms with van der Waals surface area (Å²) < 4.78 is 0. The highest BCUT2D eigenvalue weighted by atomic mass is 16.4. The first kappa shape index (κ1) is 27.4. The summed E-state index contributed by atoms with van der Waals surface area (Å²) in [5.41, 5.74) is 4.86. The van der Waals surface area contributed by atoms with Gasteiger partial charge in [-0.15, -0.1) is 0 Å². The van der Waals surface area contributed by atoms with Crippen LogP contribution in [0.5, 0.6) is 0 Å². The van der Waals surface area contributed by atoms with Gasteiger partial charge in [0.2, 0.25) is 5.91 Å². The Kier molecular flexibility index (Phi) is 10.6. The van der Waals surface area contributed by atoms with Gasteiger partial charge in [0.15, 0.2) is 0 Å². The molecule has 2 aromatic rings. The molecule has 2 rings (SSSR count). The highest BCUT2D eigenvalue weighted by Crippen LogP contribution is 2.34. The number of carboxylic acid groups (broad SMARTS) is 1. The van der Waals surface area contributed by atoms with Crippen molar-refractivity contribution in [3.8, 4) is 0 Å². The fourth-order valence-electron chi connectivity index (χ4n) is 4.37. The zero-order chi connectivity index (χ0) is 25.3. The molecule has 1 unspecified atom stereocenters. The number of hydrogen-bond acceptors (Lipinski definition) is 3. The fourth-order valence-corrected chi connectivity index (χ4v) is 4.37. The molecule has 0 aliphatic heterocycles. The number of benzene rings is 2. The third-order valence-electron chi connectivity index (χ3n) is 5.82. The zero-order valence-electron chi connectivity index (χ0n) is 21.7. The van der Waals surface area contributed by atoms with Crippen molar-refractivity contribution in [1.82, 2.24) is 0 Å². The van der Waals surface area contributed by atoms with Crippen molar-refractivity contribution in [3.63, 3.8) is 0 Å². The smallest absolute Gasteiger partial charge is 0.303 e. The maximum Gasteiger partial charge on any atom is 0.303 e. The molecule has 0 aliphatic rings.